The SMILES string of the molecule is Cc1cc(F)cc(C(O)Cc2ccc(C(C)C)cc2)c1. The van der Waals surface area contributed by atoms with Gasteiger partial charge < -0.3 is 5.11 Å². The molecule has 0 bridgehead atoms. The molecule has 0 aliphatic heterocycles. The summed E-state index contributed by atoms with van der Waals surface area (Å²) in [6, 6.07) is 12.9. The van der Waals surface area contributed by atoms with E-state index in [1.807, 2.05) is 25.1 Å². The van der Waals surface area contributed by atoms with Crippen LogP contribution in [0.25, 0.3) is 0 Å². The van der Waals surface area contributed by atoms with E-state index in [4.69, 9.17) is 0 Å². The van der Waals surface area contributed by atoms with Crippen molar-refractivity contribution < 1.29 is 9.50 Å². The van der Waals surface area contributed by atoms with Crippen LogP contribution >= 0.6 is 0 Å². The van der Waals surface area contributed by atoms with E-state index < -0.39 is 6.10 Å². The van der Waals surface area contributed by atoms with Crippen LogP contribution in [0.3, 0.4) is 0 Å². The molecule has 2 aromatic rings. The first kappa shape index (κ1) is 14.7. The van der Waals surface area contributed by atoms with Crippen LogP contribution < -0.4 is 0 Å². The lowest BCUT2D eigenvalue weighted by molar-refractivity contribution is 0.178. The van der Waals surface area contributed by atoms with Crippen LogP contribution in [-0.4, -0.2) is 5.11 Å². The van der Waals surface area contributed by atoms with Gasteiger partial charge in [0.15, 0.2) is 0 Å². The first-order valence-corrected chi connectivity index (χ1v) is 6.99. The third kappa shape index (κ3) is 3.67. The number of hydrogen-bond donors (Lipinski definition) is 1. The second-order valence-corrected chi connectivity index (χ2v) is 5.68. The Morgan fingerprint density at radius 3 is 2.20 bits per heavy atom. The van der Waals surface area contributed by atoms with E-state index in [0.717, 1.165) is 11.1 Å². The maximum absolute atomic E-state index is 13.4. The zero-order valence-corrected chi connectivity index (χ0v) is 12.2. The molecule has 1 atom stereocenters. The van der Waals surface area contributed by atoms with Crippen molar-refractivity contribution in [2.45, 2.75) is 39.2 Å². The summed E-state index contributed by atoms with van der Waals surface area (Å²) < 4.78 is 13.4. The van der Waals surface area contributed by atoms with Gasteiger partial charge in [0.2, 0.25) is 0 Å². The third-order valence-corrected chi connectivity index (χ3v) is 3.52. The van der Waals surface area contributed by atoms with E-state index in [-0.39, 0.29) is 5.82 Å². The zero-order valence-electron chi connectivity index (χ0n) is 12.2. The Morgan fingerprint density at radius 2 is 1.65 bits per heavy atom. The second kappa shape index (κ2) is 6.19. The van der Waals surface area contributed by atoms with Crippen molar-refractivity contribution >= 4 is 0 Å². The van der Waals surface area contributed by atoms with Crippen molar-refractivity contribution in [3.8, 4) is 0 Å². The monoisotopic (exact) mass is 272 g/mol. The maximum atomic E-state index is 13.4. The molecule has 0 aromatic heterocycles. The number of aliphatic hydroxyl groups excluding tert-OH is 1. The van der Waals surface area contributed by atoms with E-state index in [9.17, 15) is 9.50 Å². The molecule has 0 aliphatic carbocycles. The van der Waals surface area contributed by atoms with Gasteiger partial charge in [0.1, 0.15) is 5.82 Å². The van der Waals surface area contributed by atoms with E-state index in [1.54, 1.807) is 0 Å². The lowest BCUT2D eigenvalue weighted by atomic mass is 9.97. The molecule has 20 heavy (non-hydrogen) atoms. The van der Waals surface area contributed by atoms with Crippen molar-refractivity contribution in [1.29, 1.82) is 0 Å². The molecule has 0 heterocycles. The molecule has 1 N–H and O–H groups in total. The van der Waals surface area contributed by atoms with Crippen molar-refractivity contribution in [1.82, 2.24) is 0 Å². The number of aliphatic hydroxyl groups is 1. The quantitative estimate of drug-likeness (QED) is 0.866. The number of aryl methyl sites for hydroxylation is 1. The summed E-state index contributed by atoms with van der Waals surface area (Å²) in [5, 5.41) is 10.2. The Hall–Kier alpha value is -1.67. The fourth-order valence-corrected chi connectivity index (χ4v) is 2.34. The highest BCUT2D eigenvalue weighted by atomic mass is 19.1. The van der Waals surface area contributed by atoms with Gasteiger partial charge in [-0.15, -0.1) is 0 Å². The highest BCUT2D eigenvalue weighted by molar-refractivity contribution is 5.29. The fraction of sp³-hybridized carbons (Fsp3) is 0.333. The highest BCUT2D eigenvalue weighted by Gasteiger charge is 2.10. The molecule has 0 radical (unpaired) electrons. The van der Waals surface area contributed by atoms with Crippen LogP contribution in [0.4, 0.5) is 4.39 Å². The predicted octanol–water partition coefficient (Wildman–Crippen LogP) is 4.53. The smallest absolute Gasteiger partial charge is 0.123 e. The minimum absolute atomic E-state index is 0.297. The molecule has 0 fully saturated rings. The molecule has 106 valence electrons. The summed E-state index contributed by atoms with van der Waals surface area (Å²) in [5.74, 6) is 0.203. The van der Waals surface area contributed by atoms with Gasteiger partial charge in [0.05, 0.1) is 6.10 Å². The largest absolute Gasteiger partial charge is 0.388 e. The molecule has 2 heteroatoms. The number of benzene rings is 2. The first-order chi connectivity index (χ1) is 9.45. The summed E-state index contributed by atoms with van der Waals surface area (Å²) in [4.78, 5) is 0. The van der Waals surface area contributed by atoms with Crippen LogP contribution in [0.5, 0.6) is 0 Å². The third-order valence-electron chi connectivity index (χ3n) is 3.52. The lowest BCUT2D eigenvalue weighted by Gasteiger charge is -2.13. The second-order valence-electron chi connectivity index (χ2n) is 5.68. The fourth-order valence-electron chi connectivity index (χ4n) is 2.34. The minimum Gasteiger partial charge on any atom is -0.388 e. The number of rotatable bonds is 4. The molecule has 0 saturated carbocycles. The van der Waals surface area contributed by atoms with E-state index in [0.29, 0.717) is 17.9 Å². The average molecular weight is 272 g/mol. The van der Waals surface area contributed by atoms with Crippen LogP contribution in [0.15, 0.2) is 42.5 Å². The number of halogens is 1. The molecule has 0 amide bonds. The first-order valence-electron chi connectivity index (χ1n) is 6.99. The van der Waals surface area contributed by atoms with Crippen LogP contribution in [0.1, 0.15) is 48.1 Å². The van der Waals surface area contributed by atoms with Gasteiger partial charge in [0.25, 0.3) is 0 Å². The Balaban J connectivity index is 2.12. The molecule has 2 rings (SSSR count). The Bertz CT molecular complexity index is 552. The number of hydrogen-bond acceptors (Lipinski definition) is 1. The highest BCUT2D eigenvalue weighted by Crippen LogP contribution is 2.22. The maximum Gasteiger partial charge on any atom is 0.123 e. The van der Waals surface area contributed by atoms with Gasteiger partial charge in [-0.2, -0.15) is 0 Å². The van der Waals surface area contributed by atoms with E-state index >= 15 is 0 Å². The van der Waals surface area contributed by atoms with Gasteiger partial charge >= 0.3 is 0 Å². The van der Waals surface area contributed by atoms with E-state index in [1.165, 1.54) is 17.7 Å². The van der Waals surface area contributed by atoms with E-state index in [2.05, 4.69) is 26.0 Å². The standard InChI is InChI=1S/C18H21FO/c1-12(2)15-6-4-14(5-7-15)10-18(20)16-8-13(3)9-17(19)11-16/h4-9,11-12,18,20H,10H2,1-3H3. The van der Waals surface area contributed by atoms with Crippen molar-refractivity contribution in [2.75, 3.05) is 0 Å². The zero-order chi connectivity index (χ0) is 14.7. The van der Waals surface area contributed by atoms with Gasteiger partial charge in [0, 0.05) is 6.42 Å². The van der Waals surface area contributed by atoms with Crippen molar-refractivity contribution in [2.24, 2.45) is 0 Å². The Kier molecular flexibility index (Phi) is 4.56. The molecular weight excluding hydrogens is 251 g/mol. The minimum atomic E-state index is -0.672. The van der Waals surface area contributed by atoms with Gasteiger partial charge in [-0.1, -0.05) is 44.2 Å². The van der Waals surface area contributed by atoms with Gasteiger partial charge in [-0.05, 0) is 47.2 Å². The molecule has 0 saturated heterocycles. The Labute approximate surface area is 120 Å². The lowest BCUT2D eigenvalue weighted by Crippen LogP contribution is -2.03. The molecule has 0 spiro atoms. The van der Waals surface area contributed by atoms with Crippen LogP contribution in [0.2, 0.25) is 0 Å². The van der Waals surface area contributed by atoms with Crippen molar-refractivity contribution in [3.63, 3.8) is 0 Å². The van der Waals surface area contributed by atoms with Gasteiger partial charge in [-0.3, -0.25) is 0 Å². The molecule has 2 aromatic carbocycles. The summed E-state index contributed by atoms with van der Waals surface area (Å²) >= 11 is 0. The van der Waals surface area contributed by atoms with Gasteiger partial charge in [-0.25, -0.2) is 4.39 Å². The van der Waals surface area contributed by atoms with Crippen molar-refractivity contribution in [3.05, 3.63) is 70.5 Å². The molecular formula is C18H21FO. The topological polar surface area (TPSA) is 20.2 Å². The predicted molar refractivity (Wildman–Crippen MR) is 80.3 cm³/mol. The molecule has 1 nitrogen and oxygen atoms in total. The summed E-state index contributed by atoms with van der Waals surface area (Å²) in [7, 11) is 0. The van der Waals surface area contributed by atoms with Crippen LogP contribution in [0, 0.1) is 12.7 Å². The summed E-state index contributed by atoms with van der Waals surface area (Å²) in [6.07, 6.45) is -0.171. The average Bonchev–Trinajstić information content (AvgIpc) is 2.38. The normalized spacial score (nSPS) is 12.7. The Morgan fingerprint density at radius 1 is 1.00 bits per heavy atom. The summed E-state index contributed by atoms with van der Waals surface area (Å²) in [5.41, 5.74) is 3.80. The molecule has 1 unspecified atom stereocenters. The summed E-state index contributed by atoms with van der Waals surface area (Å²) in [6.45, 7) is 6.13. The van der Waals surface area contributed by atoms with Crippen LogP contribution in [-0.2, 0) is 6.42 Å². The molecule has 0 aliphatic rings.